The van der Waals surface area contributed by atoms with Crippen LogP contribution < -0.4 is 10.1 Å². The fourth-order valence-corrected chi connectivity index (χ4v) is 4.91. The van der Waals surface area contributed by atoms with Gasteiger partial charge in [0.1, 0.15) is 12.4 Å². The molecule has 0 atom stereocenters. The first-order valence-corrected chi connectivity index (χ1v) is 11.5. The summed E-state index contributed by atoms with van der Waals surface area (Å²) in [7, 11) is -3.48. The summed E-state index contributed by atoms with van der Waals surface area (Å²) in [5.41, 5.74) is 0.255. The number of benzene rings is 2. The van der Waals surface area contributed by atoms with Crippen molar-refractivity contribution in [2.45, 2.75) is 30.6 Å². The third kappa shape index (κ3) is 6.02. The Labute approximate surface area is 181 Å². The Morgan fingerprint density at radius 2 is 1.74 bits per heavy atom. The molecule has 1 amide bonds. The lowest BCUT2D eigenvalue weighted by molar-refractivity contribution is -0.385. The molecule has 166 valence electrons. The number of ether oxygens (including phenoxy) is 1. The number of para-hydroxylation sites is 1. The molecule has 0 unspecified atom stereocenters. The fraction of sp³-hybridized carbons (Fsp3) is 0.381. The second kappa shape index (κ2) is 10.4. The van der Waals surface area contributed by atoms with Crippen molar-refractivity contribution in [3.63, 3.8) is 0 Å². The van der Waals surface area contributed by atoms with Crippen LogP contribution in [0.5, 0.6) is 5.75 Å². The molecule has 0 aliphatic carbocycles. The van der Waals surface area contributed by atoms with E-state index in [-0.39, 0.29) is 36.1 Å². The van der Waals surface area contributed by atoms with E-state index in [0.29, 0.717) is 24.4 Å². The molecule has 1 saturated heterocycles. The highest BCUT2D eigenvalue weighted by molar-refractivity contribution is 7.89. The lowest BCUT2D eigenvalue weighted by Crippen LogP contribution is -2.35. The number of carbonyl (C=O) groups excluding carboxylic acids is 1. The smallest absolute Gasteiger partial charge is 0.273 e. The number of hydrogen-bond acceptors (Lipinski definition) is 6. The number of nitrogens with one attached hydrogen (secondary N) is 1. The maximum atomic E-state index is 12.6. The van der Waals surface area contributed by atoms with Gasteiger partial charge in [-0.2, -0.15) is 4.31 Å². The Balaban J connectivity index is 1.46. The number of nitrogens with zero attached hydrogens (tertiary/aromatic N) is 2. The molecule has 10 heteroatoms. The molecule has 9 nitrogen and oxygen atoms in total. The van der Waals surface area contributed by atoms with Crippen LogP contribution in [-0.4, -0.2) is 49.8 Å². The SMILES string of the molecule is O=C(Cc1ccccc1[N+](=O)[O-])NCCOc1ccc(S(=O)(=O)N2CCCCC2)cc1. The van der Waals surface area contributed by atoms with Gasteiger partial charge in [0.15, 0.2) is 0 Å². The Morgan fingerprint density at radius 3 is 2.42 bits per heavy atom. The first kappa shape index (κ1) is 22.7. The van der Waals surface area contributed by atoms with Crippen molar-refractivity contribution >= 4 is 21.6 Å². The second-order valence-corrected chi connectivity index (χ2v) is 9.14. The second-order valence-electron chi connectivity index (χ2n) is 7.20. The minimum Gasteiger partial charge on any atom is -0.492 e. The molecule has 3 rings (SSSR count). The predicted octanol–water partition coefficient (Wildman–Crippen LogP) is 2.51. The van der Waals surface area contributed by atoms with E-state index in [1.165, 1.54) is 22.5 Å². The van der Waals surface area contributed by atoms with E-state index >= 15 is 0 Å². The van der Waals surface area contributed by atoms with Crippen molar-refractivity contribution in [2.24, 2.45) is 0 Å². The summed E-state index contributed by atoms with van der Waals surface area (Å²) in [6, 6.07) is 12.3. The molecule has 1 aliphatic heterocycles. The van der Waals surface area contributed by atoms with E-state index in [2.05, 4.69) is 5.32 Å². The van der Waals surface area contributed by atoms with Crippen LogP contribution in [0, 0.1) is 10.1 Å². The van der Waals surface area contributed by atoms with E-state index in [0.717, 1.165) is 19.3 Å². The van der Waals surface area contributed by atoms with Gasteiger partial charge in [-0.05, 0) is 37.1 Å². The Kier molecular flexibility index (Phi) is 7.59. The molecule has 31 heavy (non-hydrogen) atoms. The summed E-state index contributed by atoms with van der Waals surface area (Å²) in [5.74, 6) is 0.145. The van der Waals surface area contributed by atoms with Crippen LogP contribution in [0.25, 0.3) is 0 Å². The molecule has 2 aromatic carbocycles. The summed E-state index contributed by atoms with van der Waals surface area (Å²) in [4.78, 5) is 22.8. The van der Waals surface area contributed by atoms with Crippen LogP contribution in [0.2, 0.25) is 0 Å². The highest BCUT2D eigenvalue weighted by atomic mass is 32.2. The number of hydrogen-bond donors (Lipinski definition) is 1. The molecule has 0 spiro atoms. The van der Waals surface area contributed by atoms with E-state index < -0.39 is 14.9 Å². The molecule has 2 aromatic rings. The number of nitro benzene ring substituents is 1. The summed E-state index contributed by atoms with van der Waals surface area (Å²) in [6.45, 7) is 1.49. The quantitative estimate of drug-likeness (QED) is 0.358. The molecule has 0 radical (unpaired) electrons. The third-order valence-corrected chi connectivity index (χ3v) is 6.92. The Bertz CT molecular complexity index is 1020. The zero-order valence-electron chi connectivity index (χ0n) is 17.0. The number of sulfonamides is 1. The number of rotatable bonds is 9. The van der Waals surface area contributed by atoms with Crippen molar-refractivity contribution in [3.8, 4) is 5.75 Å². The van der Waals surface area contributed by atoms with Crippen molar-refractivity contribution < 1.29 is 22.9 Å². The highest BCUT2D eigenvalue weighted by Gasteiger charge is 2.25. The van der Waals surface area contributed by atoms with Crippen LogP contribution >= 0.6 is 0 Å². The van der Waals surface area contributed by atoms with E-state index in [1.54, 1.807) is 30.3 Å². The molecule has 0 aromatic heterocycles. The van der Waals surface area contributed by atoms with Crippen molar-refractivity contribution in [2.75, 3.05) is 26.2 Å². The van der Waals surface area contributed by atoms with Gasteiger partial charge >= 0.3 is 0 Å². The summed E-state index contributed by atoms with van der Waals surface area (Å²) < 4.78 is 32.4. The number of nitro groups is 1. The Hall–Kier alpha value is -2.98. The summed E-state index contributed by atoms with van der Waals surface area (Å²) >= 11 is 0. The summed E-state index contributed by atoms with van der Waals surface area (Å²) in [5, 5.41) is 13.7. The molecular formula is C21H25N3O6S. The zero-order chi connectivity index (χ0) is 22.3. The maximum Gasteiger partial charge on any atom is 0.273 e. The van der Waals surface area contributed by atoms with E-state index in [1.807, 2.05) is 0 Å². The largest absolute Gasteiger partial charge is 0.492 e. The van der Waals surface area contributed by atoms with Crippen LogP contribution in [0.4, 0.5) is 5.69 Å². The van der Waals surface area contributed by atoms with Crippen LogP contribution in [0.3, 0.4) is 0 Å². The van der Waals surface area contributed by atoms with Gasteiger partial charge in [0.25, 0.3) is 5.69 Å². The third-order valence-electron chi connectivity index (χ3n) is 5.01. The minimum absolute atomic E-state index is 0.0894. The van der Waals surface area contributed by atoms with Crippen LogP contribution in [-0.2, 0) is 21.2 Å². The molecule has 0 bridgehead atoms. The van der Waals surface area contributed by atoms with E-state index in [9.17, 15) is 23.3 Å². The molecule has 1 heterocycles. The molecule has 1 fully saturated rings. The monoisotopic (exact) mass is 447 g/mol. The maximum absolute atomic E-state index is 12.6. The molecule has 1 aliphatic rings. The van der Waals surface area contributed by atoms with Crippen molar-refractivity contribution in [1.29, 1.82) is 0 Å². The highest BCUT2D eigenvalue weighted by Crippen LogP contribution is 2.22. The van der Waals surface area contributed by atoms with Crippen LogP contribution in [0.1, 0.15) is 24.8 Å². The molecule has 1 N–H and O–H groups in total. The average Bonchev–Trinajstić information content (AvgIpc) is 2.78. The number of amides is 1. The van der Waals surface area contributed by atoms with Gasteiger partial charge in [-0.15, -0.1) is 0 Å². The molecular weight excluding hydrogens is 422 g/mol. The standard InChI is InChI=1S/C21H25N3O6S/c25-21(16-17-6-2-3-7-20(17)24(26)27)22-12-15-30-18-8-10-19(11-9-18)31(28,29)23-13-4-1-5-14-23/h2-3,6-11H,1,4-5,12-16H2,(H,22,25). The fourth-order valence-electron chi connectivity index (χ4n) is 3.40. The predicted molar refractivity (Wildman–Crippen MR) is 114 cm³/mol. The lowest BCUT2D eigenvalue weighted by atomic mass is 10.1. The van der Waals surface area contributed by atoms with Gasteiger partial charge in [-0.1, -0.05) is 24.6 Å². The topological polar surface area (TPSA) is 119 Å². The van der Waals surface area contributed by atoms with Gasteiger partial charge in [0.2, 0.25) is 15.9 Å². The number of piperidine rings is 1. The normalized spacial score (nSPS) is 14.7. The van der Waals surface area contributed by atoms with Gasteiger partial charge in [-0.3, -0.25) is 14.9 Å². The minimum atomic E-state index is -3.48. The van der Waals surface area contributed by atoms with Crippen molar-refractivity contribution in [3.05, 3.63) is 64.2 Å². The lowest BCUT2D eigenvalue weighted by Gasteiger charge is -2.25. The number of carbonyl (C=O) groups is 1. The van der Waals surface area contributed by atoms with Gasteiger partial charge in [0, 0.05) is 24.7 Å². The van der Waals surface area contributed by atoms with Gasteiger partial charge in [0.05, 0.1) is 22.8 Å². The first-order chi connectivity index (χ1) is 14.9. The first-order valence-electron chi connectivity index (χ1n) is 10.1. The van der Waals surface area contributed by atoms with E-state index in [4.69, 9.17) is 4.74 Å². The van der Waals surface area contributed by atoms with Crippen LogP contribution in [0.15, 0.2) is 53.4 Å². The van der Waals surface area contributed by atoms with Gasteiger partial charge < -0.3 is 10.1 Å². The summed E-state index contributed by atoms with van der Waals surface area (Å²) in [6.07, 6.45) is 2.71. The van der Waals surface area contributed by atoms with Crippen molar-refractivity contribution in [1.82, 2.24) is 9.62 Å². The zero-order valence-corrected chi connectivity index (χ0v) is 17.8. The van der Waals surface area contributed by atoms with Gasteiger partial charge in [-0.25, -0.2) is 8.42 Å². The average molecular weight is 448 g/mol. The Morgan fingerprint density at radius 1 is 1.06 bits per heavy atom. The molecule has 0 saturated carbocycles.